The van der Waals surface area contributed by atoms with E-state index in [2.05, 4.69) is 22.8 Å². The summed E-state index contributed by atoms with van der Waals surface area (Å²) in [5.74, 6) is -2.31. The van der Waals surface area contributed by atoms with E-state index in [-0.39, 0.29) is 29.9 Å². The number of rotatable bonds is 8. The lowest BCUT2D eigenvalue weighted by Crippen LogP contribution is -2.45. The van der Waals surface area contributed by atoms with Gasteiger partial charge in [-0.25, -0.2) is 8.78 Å². The second kappa shape index (κ2) is 8.95. The van der Waals surface area contributed by atoms with Gasteiger partial charge in [-0.3, -0.25) is 9.59 Å². The van der Waals surface area contributed by atoms with Gasteiger partial charge in [0.25, 0.3) is 5.91 Å². The van der Waals surface area contributed by atoms with Crippen LogP contribution in [-0.4, -0.2) is 24.9 Å². The van der Waals surface area contributed by atoms with E-state index in [4.69, 9.17) is 0 Å². The van der Waals surface area contributed by atoms with Gasteiger partial charge in [0.15, 0.2) is 0 Å². The van der Waals surface area contributed by atoms with Crippen LogP contribution < -0.4 is 10.6 Å². The largest absolute Gasteiger partial charge is 0.355 e. The first-order valence-electron chi connectivity index (χ1n) is 9.56. The fourth-order valence-electron chi connectivity index (χ4n) is 3.54. The monoisotopic (exact) mass is 386 g/mol. The lowest BCUT2D eigenvalue weighted by molar-refractivity contribution is -0.121. The molecule has 6 heteroatoms. The van der Waals surface area contributed by atoms with Crippen molar-refractivity contribution >= 4 is 11.8 Å². The van der Waals surface area contributed by atoms with Gasteiger partial charge in [0, 0.05) is 31.0 Å². The van der Waals surface area contributed by atoms with Gasteiger partial charge in [-0.2, -0.15) is 0 Å². The predicted octanol–water partition coefficient (Wildman–Crippen LogP) is 3.71. The summed E-state index contributed by atoms with van der Waals surface area (Å²) in [6, 6.07) is 13.0. The van der Waals surface area contributed by atoms with Crippen molar-refractivity contribution in [3.63, 3.8) is 0 Å². The van der Waals surface area contributed by atoms with E-state index in [0.29, 0.717) is 19.0 Å². The van der Waals surface area contributed by atoms with E-state index < -0.39 is 17.5 Å². The Morgan fingerprint density at radius 2 is 1.75 bits per heavy atom. The van der Waals surface area contributed by atoms with Crippen LogP contribution in [0.1, 0.15) is 48.0 Å². The fourth-order valence-corrected chi connectivity index (χ4v) is 3.54. The molecule has 2 aromatic rings. The Morgan fingerprint density at radius 1 is 1.00 bits per heavy atom. The molecule has 0 radical (unpaired) electrons. The Kier molecular flexibility index (Phi) is 6.39. The molecule has 28 heavy (non-hydrogen) atoms. The zero-order chi connectivity index (χ0) is 20.0. The summed E-state index contributed by atoms with van der Waals surface area (Å²) in [5, 5.41) is 5.56. The molecule has 2 aromatic carbocycles. The smallest absolute Gasteiger partial charge is 0.254 e. The quantitative estimate of drug-likeness (QED) is 0.680. The van der Waals surface area contributed by atoms with Crippen LogP contribution in [-0.2, 0) is 10.2 Å². The molecule has 1 aliphatic rings. The number of amides is 2. The van der Waals surface area contributed by atoms with Gasteiger partial charge < -0.3 is 10.6 Å². The van der Waals surface area contributed by atoms with Crippen LogP contribution in [0.5, 0.6) is 0 Å². The topological polar surface area (TPSA) is 58.2 Å². The van der Waals surface area contributed by atoms with Crippen LogP contribution in [0.4, 0.5) is 8.78 Å². The summed E-state index contributed by atoms with van der Waals surface area (Å²) in [7, 11) is 0. The van der Waals surface area contributed by atoms with Crippen molar-refractivity contribution in [3.05, 3.63) is 71.3 Å². The summed E-state index contributed by atoms with van der Waals surface area (Å²) < 4.78 is 26.4. The number of hydrogen-bond acceptors (Lipinski definition) is 2. The summed E-state index contributed by atoms with van der Waals surface area (Å²) in [6.45, 7) is 0.857. The summed E-state index contributed by atoms with van der Waals surface area (Å²) in [5.41, 5.74) is 1.08. The molecule has 1 aliphatic carbocycles. The lowest BCUT2D eigenvalue weighted by atomic mass is 9.64. The van der Waals surface area contributed by atoms with Crippen LogP contribution in [0.2, 0.25) is 0 Å². The van der Waals surface area contributed by atoms with E-state index in [1.807, 2.05) is 18.2 Å². The number of carbonyl (C=O) groups excluding carboxylic acids is 2. The molecule has 4 nitrogen and oxygen atoms in total. The van der Waals surface area contributed by atoms with E-state index >= 15 is 0 Å². The molecule has 0 unspecified atom stereocenters. The van der Waals surface area contributed by atoms with Gasteiger partial charge in [0.2, 0.25) is 5.91 Å². The maximum Gasteiger partial charge on any atom is 0.254 e. The molecule has 0 atom stereocenters. The van der Waals surface area contributed by atoms with Crippen molar-refractivity contribution in [3.8, 4) is 0 Å². The van der Waals surface area contributed by atoms with Crippen LogP contribution in [0.25, 0.3) is 0 Å². The third-order valence-electron chi connectivity index (χ3n) is 5.36. The normalized spacial score (nSPS) is 14.8. The first-order valence-corrected chi connectivity index (χ1v) is 9.56. The zero-order valence-corrected chi connectivity index (χ0v) is 15.6. The average Bonchev–Trinajstić information content (AvgIpc) is 2.65. The van der Waals surface area contributed by atoms with Gasteiger partial charge >= 0.3 is 0 Å². The average molecular weight is 386 g/mol. The van der Waals surface area contributed by atoms with Crippen LogP contribution >= 0.6 is 0 Å². The Hall–Kier alpha value is -2.76. The Bertz CT molecular complexity index is 836. The number of benzene rings is 2. The molecule has 0 aromatic heterocycles. The summed E-state index contributed by atoms with van der Waals surface area (Å²) in [4.78, 5) is 24.0. The highest BCUT2D eigenvalue weighted by Gasteiger charge is 2.38. The third kappa shape index (κ3) is 4.74. The predicted molar refractivity (Wildman–Crippen MR) is 103 cm³/mol. The Morgan fingerprint density at radius 3 is 2.39 bits per heavy atom. The summed E-state index contributed by atoms with van der Waals surface area (Å²) >= 11 is 0. The highest BCUT2D eigenvalue weighted by atomic mass is 19.1. The Balaban J connectivity index is 1.39. The second-order valence-corrected chi connectivity index (χ2v) is 7.26. The molecule has 0 saturated heterocycles. The number of carbonyl (C=O) groups is 2. The van der Waals surface area contributed by atoms with Gasteiger partial charge in [-0.15, -0.1) is 0 Å². The highest BCUT2D eigenvalue weighted by Crippen LogP contribution is 2.43. The van der Waals surface area contributed by atoms with Crippen molar-refractivity contribution in [1.82, 2.24) is 10.6 Å². The van der Waals surface area contributed by atoms with E-state index in [1.54, 1.807) is 0 Å². The van der Waals surface area contributed by atoms with Gasteiger partial charge in [0.1, 0.15) is 11.6 Å². The molecule has 0 bridgehead atoms. The van der Waals surface area contributed by atoms with Gasteiger partial charge in [-0.05, 0) is 37.0 Å². The van der Waals surface area contributed by atoms with Crippen LogP contribution in [0.15, 0.2) is 48.5 Å². The standard InChI is InChI=1S/C22H24F2N2O2/c23-17-9-10-18(19(24)14-17)21(28)25-13-4-8-20(27)26-15-22(11-5-12-22)16-6-2-1-3-7-16/h1-3,6-7,9-10,14H,4-5,8,11-13,15H2,(H,25,28)(H,26,27). The molecule has 1 saturated carbocycles. The third-order valence-corrected chi connectivity index (χ3v) is 5.36. The van der Waals surface area contributed by atoms with Gasteiger partial charge in [-0.1, -0.05) is 36.8 Å². The zero-order valence-electron chi connectivity index (χ0n) is 15.6. The second-order valence-electron chi connectivity index (χ2n) is 7.26. The van der Waals surface area contributed by atoms with Crippen molar-refractivity contribution in [1.29, 1.82) is 0 Å². The molecule has 0 heterocycles. The van der Waals surface area contributed by atoms with Crippen molar-refractivity contribution in [2.75, 3.05) is 13.1 Å². The molecule has 1 fully saturated rings. The Labute approximate surface area is 163 Å². The molecular formula is C22H24F2N2O2. The maximum absolute atomic E-state index is 13.6. The first-order chi connectivity index (χ1) is 13.5. The van der Waals surface area contributed by atoms with Crippen LogP contribution in [0, 0.1) is 11.6 Å². The minimum atomic E-state index is -0.901. The molecule has 0 aliphatic heterocycles. The number of halogens is 2. The lowest BCUT2D eigenvalue weighted by Gasteiger charge is -2.42. The van der Waals surface area contributed by atoms with Crippen LogP contribution in [0.3, 0.4) is 0 Å². The number of hydrogen-bond donors (Lipinski definition) is 2. The SMILES string of the molecule is O=C(CCCNC(=O)c1ccc(F)cc1F)NCC1(c2ccccc2)CCC1. The van der Waals surface area contributed by atoms with Crippen molar-refractivity contribution < 1.29 is 18.4 Å². The van der Waals surface area contributed by atoms with E-state index in [0.717, 1.165) is 31.4 Å². The highest BCUT2D eigenvalue weighted by molar-refractivity contribution is 5.94. The number of nitrogens with one attached hydrogen (secondary N) is 2. The maximum atomic E-state index is 13.6. The fraction of sp³-hybridized carbons (Fsp3) is 0.364. The molecule has 0 spiro atoms. The molecular weight excluding hydrogens is 362 g/mol. The summed E-state index contributed by atoms with van der Waals surface area (Å²) in [6.07, 6.45) is 4.01. The molecule has 2 N–H and O–H groups in total. The van der Waals surface area contributed by atoms with Crippen molar-refractivity contribution in [2.24, 2.45) is 0 Å². The molecule has 2 amide bonds. The van der Waals surface area contributed by atoms with E-state index in [9.17, 15) is 18.4 Å². The van der Waals surface area contributed by atoms with Gasteiger partial charge in [0.05, 0.1) is 5.56 Å². The molecule has 3 rings (SSSR count). The van der Waals surface area contributed by atoms with E-state index in [1.165, 1.54) is 5.56 Å². The minimum Gasteiger partial charge on any atom is -0.355 e. The minimum absolute atomic E-state index is 0.0330. The molecule has 148 valence electrons. The first kappa shape index (κ1) is 20.0. The van der Waals surface area contributed by atoms with Crippen molar-refractivity contribution in [2.45, 2.75) is 37.5 Å².